The standard InChI is InChI=1S/C8H15N3/c1-3-7(2)6-11-8(9)4-5-10-11/h4-5,7H,3,6,9H2,1-2H3. The van der Waals surface area contributed by atoms with Crippen LogP contribution in [0.1, 0.15) is 20.3 Å². The molecular weight excluding hydrogens is 138 g/mol. The number of hydrogen-bond donors (Lipinski definition) is 1. The van der Waals surface area contributed by atoms with Crippen molar-refractivity contribution in [1.29, 1.82) is 0 Å². The van der Waals surface area contributed by atoms with Crippen LogP contribution in [0, 0.1) is 5.92 Å². The number of nitrogen functional groups attached to an aromatic ring is 1. The number of nitrogens with two attached hydrogens (primary N) is 1. The van der Waals surface area contributed by atoms with Crippen molar-refractivity contribution in [2.45, 2.75) is 26.8 Å². The molecule has 1 heterocycles. The number of hydrogen-bond acceptors (Lipinski definition) is 2. The lowest BCUT2D eigenvalue weighted by atomic mass is 10.1. The molecule has 2 N–H and O–H groups in total. The van der Waals surface area contributed by atoms with Gasteiger partial charge in [0.1, 0.15) is 5.82 Å². The van der Waals surface area contributed by atoms with E-state index >= 15 is 0 Å². The Balaban J connectivity index is 2.56. The Kier molecular flexibility index (Phi) is 2.52. The molecule has 0 bridgehead atoms. The summed E-state index contributed by atoms with van der Waals surface area (Å²) in [4.78, 5) is 0. The van der Waals surface area contributed by atoms with Crippen LogP contribution >= 0.6 is 0 Å². The summed E-state index contributed by atoms with van der Waals surface area (Å²) in [7, 11) is 0. The highest BCUT2D eigenvalue weighted by molar-refractivity contribution is 5.25. The summed E-state index contributed by atoms with van der Waals surface area (Å²) < 4.78 is 1.84. The zero-order valence-corrected chi connectivity index (χ0v) is 7.12. The third-order valence-corrected chi connectivity index (χ3v) is 1.93. The predicted octanol–water partition coefficient (Wildman–Crippen LogP) is 1.51. The fourth-order valence-electron chi connectivity index (χ4n) is 0.920. The van der Waals surface area contributed by atoms with Crippen LogP contribution in [-0.4, -0.2) is 9.78 Å². The molecule has 3 heteroatoms. The van der Waals surface area contributed by atoms with Crippen LogP contribution < -0.4 is 5.73 Å². The maximum absolute atomic E-state index is 5.64. The predicted molar refractivity (Wildman–Crippen MR) is 46.1 cm³/mol. The van der Waals surface area contributed by atoms with Crippen molar-refractivity contribution in [2.24, 2.45) is 5.92 Å². The Morgan fingerprint density at radius 2 is 2.45 bits per heavy atom. The minimum Gasteiger partial charge on any atom is -0.384 e. The van der Waals surface area contributed by atoms with Crippen molar-refractivity contribution in [3.63, 3.8) is 0 Å². The lowest BCUT2D eigenvalue weighted by Crippen LogP contribution is -2.10. The molecule has 0 aliphatic heterocycles. The highest BCUT2D eigenvalue weighted by Crippen LogP contribution is 2.07. The summed E-state index contributed by atoms with van der Waals surface area (Å²) in [5.41, 5.74) is 5.64. The summed E-state index contributed by atoms with van der Waals surface area (Å²) in [6, 6.07) is 1.82. The molecule has 62 valence electrons. The molecule has 0 aliphatic carbocycles. The third kappa shape index (κ3) is 1.97. The van der Waals surface area contributed by atoms with Crippen LogP contribution in [0.5, 0.6) is 0 Å². The average molecular weight is 153 g/mol. The first kappa shape index (κ1) is 8.11. The highest BCUT2D eigenvalue weighted by atomic mass is 15.3. The zero-order valence-electron chi connectivity index (χ0n) is 7.12. The van der Waals surface area contributed by atoms with Gasteiger partial charge in [0.2, 0.25) is 0 Å². The van der Waals surface area contributed by atoms with Crippen molar-refractivity contribution >= 4 is 5.82 Å². The lowest BCUT2D eigenvalue weighted by molar-refractivity contribution is 0.443. The third-order valence-electron chi connectivity index (χ3n) is 1.93. The Morgan fingerprint density at radius 1 is 1.73 bits per heavy atom. The maximum atomic E-state index is 5.64. The zero-order chi connectivity index (χ0) is 8.27. The van der Waals surface area contributed by atoms with E-state index in [2.05, 4.69) is 18.9 Å². The van der Waals surface area contributed by atoms with E-state index < -0.39 is 0 Å². The molecule has 11 heavy (non-hydrogen) atoms. The lowest BCUT2D eigenvalue weighted by Gasteiger charge is -2.09. The van der Waals surface area contributed by atoms with Crippen molar-refractivity contribution < 1.29 is 0 Å². The van der Waals surface area contributed by atoms with Crippen LogP contribution in [0.25, 0.3) is 0 Å². The maximum Gasteiger partial charge on any atom is 0.121 e. The Hall–Kier alpha value is -0.990. The normalized spacial score (nSPS) is 13.3. The smallest absolute Gasteiger partial charge is 0.121 e. The van der Waals surface area contributed by atoms with E-state index in [4.69, 9.17) is 5.73 Å². The molecule has 0 amide bonds. The molecule has 1 rings (SSSR count). The van der Waals surface area contributed by atoms with E-state index in [1.807, 2.05) is 10.7 Å². The molecule has 0 saturated heterocycles. The van der Waals surface area contributed by atoms with E-state index in [1.54, 1.807) is 6.20 Å². The molecule has 0 saturated carbocycles. The second kappa shape index (κ2) is 3.42. The second-order valence-electron chi connectivity index (χ2n) is 2.95. The van der Waals surface area contributed by atoms with Gasteiger partial charge in [0, 0.05) is 6.54 Å². The highest BCUT2D eigenvalue weighted by Gasteiger charge is 2.02. The molecule has 0 radical (unpaired) electrons. The van der Waals surface area contributed by atoms with Crippen molar-refractivity contribution in [3.05, 3.63) is 12.3 Å². The summed E-state index contributed by atoms with van der Waals surface area (Å²) in [5, 5.41) is 4.10. The molecule has 1 aromatic rings. The summed E-state index contributed by atoms with van der Waals surface area (Å²) in [6.07, 6.45) is 2.90. The Bertz CT molecular complexity index is 217. The summed E-state index contributed by atoms with van der Waals surface area (Å²) in [5.74, 6) is 1.41. The van der Waals surface area contributed by atoms with E-state index in [-0.39, 0.29) is 0 Å². The van der Waals surface area contributed by atoms with Gasteiger partial charge in [0.05, 0.1) is 6.20 Å². The molecule has 0 aliphatic rings. The van der Waals surface area contributed by atoms with Gasteiger partial charge < -0.3 is 5.73 Å². The van der Waals surface area contributed by atoms with Gasteiger partial charge in [0.15, 0.2) is 0 Å². The second-order valence-corrected chi connectivity index (χ2v) is 2.95. The molecule has 1 unspecified atom stereocenters. The fourth-order valence-corrected chi connectivity index (χ4v) is 0.920. The number of anilines is 1. The quantitative estimate of drug-likeness (QED) is 0.715. The summed E-state index contributed by atoms with van der Waals surface area (Å²) in [6.45, 7) is 5.29. The Labute approximate surface area is 67.2 Å². The van der Waals surface area contributed by atoms with Crippen LogP contribution in [0.4, 0.5) is 5.82 Å². The van der Waals surface area contributed by atoms with E-state index in [0.717, 1.165) is 12.4 Å². The van der Waals surface area contributed by atoms with Gasteiger partial charge in [-0.1, -0.05) is 20.3 Å². The first-order valence-electron chi connectivity index (χ1n) is 4.01. The number of rotatable bonds is 3. The van der Waals surface area contributed by atoms with Crippen LogP contribution in [0.2, 0.25) is 0 Å². The first-order chi connectivity index (χ1) is 5.24. The molecule has 1 atom stereocenters. The SMILES string of the molecule is CCC(C)Cn1nccc1N. The van der Waals surface area contributed by atoms with Gasteiger partial charge >= 0.3 is 0 Å². The minimum absolute atomic E-state index is 0.650. The molecular formula is C8H15N3. The number of aromatic nitrogens is 2. The van der Waals surface area contributed by atoms with Crippen LogP contribution in [0.15, 0.2) is 12.3 Å². The van der Waals surface area contributed by atoms with Crippen molar-refractivity contribution in [1.82, 2.24) is 9.78 Å². The van der Waals surface area contributed by atoms with Gasteiger partial charge in [-0.25, -0.2) is 4.68 Å². The van der Waals surface area contributed by atoms with Gasteiger partial charge in [-0.15, -0.1) is 0 Å². The Morgan fingerprint density at radius 3 is 2.91 bits per heavy atom. The summed E-state index contributed by atoms with van der Waals surface area (Å²) >= 11 is 0. The fraction of sp³-hybridized carbons (Fsp3) is 0.625. The number of nitrogens with zero attached hydrogens (tertiary/aromatic N) is 2. The largest absolute Gasteiger partial charge is 0.384 e. The van der Waals surface area contributed by atoms with Crippen LogP contribution in [-0.2, 0) is 6.54 Å². The molecule has 1 aromatic heterocycles. The van der Waals surface area contributed by atoms with Gasteiger partial charge in [-0.3, -0.25) is 0 Å². The van der Waals surface area contributed by atoms with Crippen molar-refractivity contribution in [3.8, 4) is 0 Å². The molecule has 3 nitrogen and oxygen atoms in total. The first-order valence-corrected chi connectivity index (χ1v) is 4.01. The van der Waals surface area contributed by atoms with E-state index in [9.17, 15) is 0 Å². The topological polar surface area (TPSA) is 43.8 Å². The van der Waals surface area contributed by atoms with E-state index in [0.29, 0.717) is 5.92 Å². The molecule has 0 fully saturated rings. The molecule has 0 aromatic carbocycles. The van der Waals surface area contributed by atoms with E-state index in [1.165, 1.54) is 6.42 Å². The van der Waals surface area contributed by atoms with Gasteiger partial charge in [-0.2, -0.15) is 5.10 Å². The van der Waals surface area contributed by atoms with Gasteiger partial charge in [0.25, 0.3) is 0 Å². The minimum atomic E-state index is 0.650. The van der Waals surface area contributed by atoms with Crippen molar-refractivity contribution in [2.75, 3.05) is 5.73 Å². The van der Waals surface area contributed by atoms with Crippen LogP contribution in [0.3, 0.4) is 0 Å². The molecule has 0 spiro atoms. The monoisotopic (exact) mass is 153 g/mol. The average Bonchev–Trinajstić information content (AvgIpc) is 2.37. The van der Waals surface area contributed by atoms with Gasteiger partial charge in [-0.05, 0) is 12.0 Å².